The molecular formula is C16H19ClF5N3O. The third-order valence-corrected chi connectivity index (χ3v) is 4.56. The van der Waals surface area contributed by atoms with E-state index in [1.165, 1.54) is 17.0 Å². The van der Waals surface area contributed by atoms with E-state index in [9.17, 15) is 26.7 Å². The van der Waals surface area contributed by atoms with E-state index in [4.69, 9.17) is 0 Å². The van der Waals surface area contributed by atoms with Gasteiger partial charge < -0.3 is 9.80 Å². The van der Waals surface area contributed by atoms with E-state index >= 15 is 0 Å². The summed E-state index contributed by atoms with van der Waals surface area (Å²) in [7, 11) is 0. The predicted octanol–water partition coefficient (Wildman–Crippen LogP) is 2.77. The number of nitrogens with zero attached hydrogens (tertiary/aromatic N) is 2. The van der Waals surface area contributed by atoms with Crippen LogP contribution in [0, 0.1) is 0 Å². The van der Waals surface area contributed by atoms with Crippen molar-refractivity contribution in [2.24, 2.45) is 0 Å². The molecule has 2 saturated heterocycles. The van der Waals surface area contributed by atoms with Crippen LogP contribution in [0.4, 0.5) is 27.6 Å². The van der Waals surface area contributed by atoms with Crippen LogP contribution in [0.1, 0.15) is 12.0 Å². The number of benzene rings is 1. The van der Waals surface area contributed by atoms with Crippen LogP contribution < -0.4 is 10.2 Å². The van der Waals surface area contributed by atoms with Crippen molar-refractivity contribution in [3.63, 3.8) is 0 Å². The fraction of sp³-hybridized carbons (Fsp3) is 0.562. The summed E-state index contributed by atoms with van der Waals surface area (Å²) in [4.78, 5) is 15.7. The number of carbonyl (C=O) groups is 1. The van der Waals surface area contributed by atoms with Gasteiger partial charge in [-0.2, -0.15) is 13.2 Å². The zero-order valence-corrected chi connectivity index (χ0v) is 14.5. The highest BCUT2D eigenvalue weighted by molar-refractivity contribution is 5.85. The molecule has 1 amide bonds. The normalized spacial score (nSPS) is 22.9. The lowest BCUT2D eigenvalue weighted by Crippen LogP contribution is -2.53. The number of nitrogens with one attached hydrogen (secondary N) is 1. The van der Waals surface area contributed by atoms with Gasteiger partial charge in [0, 0.05) is 38.3 Å². The van der Waals surface area contributed by atoms with Crippen molar-refractivity contribution >= 4 is 24.0 Å². The van der Waals surface area contributed by atoms with Gasteiger partial charge in [-0.3, -0.25) is 10.1 Å². The number of amides is 1. The predicted molar refractivity (Wildman–Crippen MR) is 88.8 cm³/mol. The average Bonchev–Trinajstić information content (AvgIpc) is 2.94. The lowest BCUT2D eigenvalue weighted by Gasteiger charge is -2.37. The number of piperazine rings is 1. The first-order valence-electron chi connectivity index (χ1n) is 7.98. The summed E-state index contributed by atoms with van der Waals surface area (Å²) in [6, 6.07) is 3.99. The van der Waals surface area contributed by atoms with Crippen LogP contribution >= 0.6 is 12.4 Å². The summed E-state index contributed by atoms with van der Waals surface area (Å²) >= 11 is 0. The van der Waals surface area contributed by atoms with E-state index < -0.39 is 36.7 Å². The van der Waals surface area contributed by atoms with Gasteiger partial charge in [-0.15, -0.1) is 12.4 Å². The minimum absolute atomic E-state index is 0. The summed E-state index contributed by atoms with van der Waals surface area (Å²) in [6.45, 7) is 1.10. The van der Waals surface area contributed by atoms with Crippen molar-refractivity contribution in [1.82, 2.24) is 10.2 Å². The smallest absolute Gasteiger partial charge is 0.368 e. The number of carbonyl (C=O) groups excluding carboxylic acids is 1. The summed E-state index contributed by atoms with van der Waals surface area (Å²) in [5, 5.41) is 2.55. The summed E-state index contributed by atoms with van der Waals surface area (Å²) in [5.74, 6) is -3.20. The molecule has 0 saturated carbocycles. The second-order valence-electron chi connectivity index (χ2n) is 6.35. The molecule has 2 heterocycles. The molecule has 2 aliphatic heterocycles. The molecule has 0 aromatic heterocycles. The Hall–Kier alpha value is -1.61. The van der Waals surface area contributed by atoms with E-state index in [0.29, 0.717) is 31.9 Å². The van der Waals surface area contributed by atoms with Crippen LogP contribution in [-0.4, -0.2) is 55.5 Å². The van der Waals surface area contributed by atoms with Gasteiger partial charge in [0.15, 0.2) is 0 Å². The van der Waals surface area contributed by atoms with Crippen molar-refractivity contribution < 1.29 is 26.7 Å². The van der Waals surface area contributed by atoms with Crippen molar-refractivity contribution in [1.29, 1.82) is 0 Å². The van der Waals surface area contributed by atoms with Crippen molar-refractivity contribution in [2.45, 2.75) is 24.6 Å². The molecule has 1 aromatic rings. The van der Waals surface area contributed by atoms with Crippen LogP contribution in [0.2, 0.25) is 0 Å². The number of alkyl halides is 5. The molecule has 146 valence electrons. The van der Waals surface area contributed by atoms with Crippen LogP contribution in [0.25, 0.3) is 0 Å². The molecule has 1 aromatic carbocycles. The molecule has 0 bridgehead atoms. The van der Waals surface area contributed by atoms with Crippen molar-refractivity contribution in [3.05, 3.63) is 29.8 Å². The second kappa shape index (κ2) is 7.56. The topological polar surface area (TPSA) is 35.6 Å². The van der Waals surface area contributed by atoms with E-state index in [0.717, 1.165) is 12.1 Å². The van der Waals surface area contributed by atoms with Crippen molar-refractivity contribution in [3.8, 4) is 0 Å². The van der Waals surface area contributed by atoms with E-state index in [2.05, 4.69) is 5.32 Å². The van der Waals surface area contributed by atoms with Gasteiger partial charge in [0.25, 0.3) is 5.92 Å². The van der Waals surface area contributed by atoms with Crippen LogP contribution in [0.5, 0.6) is 0 Å². The van der Waals surface area contributed by atoms with Crippen LogP contribution in [0.3, 0.4) is 0 Å². The van der Waals surface area contributed by atoms with Gasteiger partial charge >= 0.3 is 6.18 Å². The maximum absolute atomic E-state index is 13.2. The summed E-state index contributed by atoms with van der Waals surface area (Å²) in [5.41, 5.74) is -0.0658. The van der Waals surface area contributed by atoms with Gasteiger partial charge in [-0.25, -0.2) is 8.78 Å². The zero-order valence-electron chi connectivity index (χ0n) is 13.7. The van der Waals surface area contributed by atoms with Gasteiger partial charge in [0.05, 0.1) is 18.2 Å². The molecule has 10 heteroatoms. The highest BCUT2D eigenvalue weighted by atomic mass is 35.5. The van der Waals surface area contributed by atoms with Gasteiger partial charge in [-0.05, 0) is 24.3 Å². The average molecular weight is 400 g/mol. The number of rotatable bonds is 2. The Bertz CT molecular complexity index is 630. The third kappa shape index (κ3) is 4.56. The molecule has 2 fully saturated rings. The molecule has 0 aliphatic carbocycles. The molecule has 4 nitrogen and oxygen atoms in total. The SMILES string of the molecule is Cl.O=C(C1CC(F)(F)CN1)N1CCN(c2ccc(C(F)(F)F)cc2)CC1. The Balaban J connectivity index is 0.00000243. The monoisotopic (exact) mass is 399 g/mol. The molecule has 0 spiro atoms. The van der Waals surface area contributed by atoms with Crippen LogP contribution in [-0.2, 0) is 11.0 Å². The molecule has 3 rings (SSSR count). The van der Waals surface area contributed by atoms with E-state index in [-0.39, 0.29) is 18.3 Å². The molecule has 0 radical (unpaired) electrons. The first kappa shape index (κ1) is 20.7. The van der Waals surface area contributed by atoms with Crippen molar-refractivity contribution in [2.75, 3.05) is 37.6 Å². The molecule has 2 aliphatic rings. The molecular weight excluding hydrogens is 381 g/mol. The number of halogens is 6. The minimum atomic E-state index is -4.38. The first-order valence-corrected chi connectivity index (χ1v) is 7.98. The fourth-order valence-electron chi connectivity index (χ4n) is 3.16. The lowest BCUT2D eigenvalue weighted by molar-refractivity contribution is -0.137. The van der Waals surface area contributed by atoms with Gasteiger partial charge in [0.2, 0.25) is 5.91 Å². The first-order chi connectivity index (χ1) is 11.7. The third-order valence-electron chi connectivity index (χ3n) is 4.56. The Morgan fingerprint density at radius 2 is 1.65 bits per heavy atom. The largest absolute Gasteiger partial charge is 0.416 e. The molecule has 1 atom stereocenters. The van der Waals surface area contributed by atoms with Gasteiger partial charge in [0.1, 0.15) is 0 Å². The summed E-state index contributed by atoms with van der Waals surface area (Å²) < 4.78 is 64.2. The number of anilines is 1. The Morgan fingerprint density at radius 3 is 2.12 bits per heavy atom. The van der Waals surface area contributed by atoms with Crippen LogP contribution in [0.15, 0.2) is 24.3 Å². The lowest BCUT2D eigenvalue weighted by atomic mass is 10.1. The maximum Gasteiger partial charge on any atom is 0.416 e. The maximum atomic E-state index is 13.2. The minimum Gasteiger partial charge on any atom is -0.368 e. The highest BCUT2D eigenvalue weighted by Crippen LogP contribution is 2.31. The summed E-state index contributed by atoms with van der Waals surface area (Å²) in [6.07, 6.45) is -4.87. The molecule has 26 heavy (non-hydrogen) atoms. The highest BCUT2D eigenvalue weighted by Gasteiger charge is 2.43. The zero-order chi connectivity index (χ0) is 18.2. The Kier molecular flexibility index (Phi) is 6.02. The Morgan fingerprint density at radius 1 is 1.08 bits per heavy atom. The van der Waals surface area contributed by atoms with E-state index in [1.807, 2.05) is 4.90 Å². The molecule has 1 unspecified atom stereocenters. The number of hydrogen-bond donors (Lipinski definition) is 1. The molecule has 1 N–H and O–H groups in total. The van der Waals surface area contributed by atoms with E-state index in [1.54, 1.807) is 0 Å². The fourth-order valence-corrected chi connectivity index (χ4v) is 3.16. The number of hydrogen-bond acceptors (Lipinski definition) is 3. The second-order valence-corrected chi connectivity index (χ2v) is 6.35. The Labute approximate surface area is 153 Å². The quantitative estimate of drug-likeness (QED) is 0.777. The van der Waals surface area contributed by atoms with Gasteiger partial charge in [-0.1, -0.05) is 0 Å². The standard InChI is InChI=1S/C16H18F5N3O.ClH/c17-15(18)9-13(22-10-15)14(25)24-7-5-23(6-8-24)12-3-1-11(2-4-12)16(19,20)21;/h1-4,13,22H,5-10H2;1H.